The summed E-state index contributed by atoms with van der Waals surface area (Å²) in [5, 5.41) is 7.42. The first-order chi connectivity index (χ1) is 8.61. The molecule has 1 unspecified atom stereocenters. The number of aryl methyl sites for hydroxylation is 1. The van der Waals surface area contributed by atoms with Crippen LogP contribution in [0.3, 0.4) is 0 Å². The van der Waals surface area contributed by atoms with Gasteiger partial charge in [-0.1, -0.05) is 23.7 Å². The van der Waals surface area contributed by atoms with Crippen molar-refractivity contribution < 1.29 is 0 Å². The molecule has 0 bridgehead atoms. The summed E-state index contributed by atoms with van der Waals surface area (Å²) in [6.45, 7) is 4.09. The Balaban J connectivity index is 2.25. The number of nitrogens with one attached hydrogen (secondary N) is 1. The molecule has 2 nitrogen and oxygen atoms in total. The van der Waals surface area contributed by atoms with Crippen molar-refractivity contribution in [1.29, 1.82) is 0 Å². The highest BCUT2D eigenvalue weighted by molar-refractivity contribution is 7.09. The van der Waals surface area contributed by atoms with E-state index in [0.29, 0.717) is 0 Å². The minimum Gasteiger partial charge on any atom is -0.313 e. The fraction of sp³-hybridized carbons (Fsp3) is 0.357. The molecule has 2 aromatic rings. The van der Waals surface area contributed by atoms with Crippen LogP contribution in [0.15, 0.2) is 23.6 Å². The Morgan fingerprint density at radius 3 is 2.78 bits per heavy atom. The summed E-state index contributed by atoms with van der Waals surface area (Å²) in [4.78, 5) is 4.52. The molecule has 2 rings (SSSR count). The van der Waals surface area contributed by atoms with Gasteiger partial charge in [0.15, 0.2) is 0 Å². The molecular weight excluding hydrogens is 264 g/mol. The lowest BCUT2D eigenvalue weighted by molar-refractivity contribution is 0.587. The third-order valence-electron chi connectivity index (χ3n) is 3.08. The Bertz CT molecular complexity index is 536. The average Bonchev–Trinajstić information content (AvgIpc) is 2.76. The second kappa shape index (κ2) is 5.83. The van der Waals surface area contributed by atoms with Crippen LogP contribution >= 0.6 is 22.9 Å². The van der Waals surface area contributed by atoms with Crippen LogP contribution in [0.5, 0.6) is 0 Å². The summed E-state index contributed by atoms with van der Waals surface area (Å²) >= 11 is 7.90. The Morgan fingerprint density at radius 2 is 2.17 bits per heavy atom. The van der Waals surface area contributed by atoms with Crippen LogP contribution in [0.2, 0.25) is 5.02 Å². The van der Waals surface area contributed by atoms with Crippen LogP contribution in [-0.4, -0.2) is 12.0 Å². The molecule has 1 aromatic carbocycles. The van der Waals surface area contributed by atoms with Gasteiger partial charge in [-0.3, -0.25) is 0 Å². The lowest BCUT2D eigenvalue weighted by Crippen LogP contribution is -2.19. The SMILES string of the molecule is CNC(Cc1nc(C)cs1)c1cccc(Cl)c1C. The fourth-order valence-corrected chi connectivity index (χ4v) is 3.04. The molecule has 4 heteroatoms. The minimum atomic E-state index is 0.259. The number of hydrogen-bond acceptors (Lipinski definition) is 3. The van der Waals surface area contributed by atoms with Crippen molar-refractivity contribution in [3.63, 3.8) is 0 Å². The molecule has 0 spiro atoms. The van der Waals surface area contributed by atoms with E-state index in [1.165, 1.54) is 5.56 Å². The molecule has 0 aliphatic rings. The van der Waals surface area contributed by atoms with Crippen LogP contribution in [0.25, 0.3) is 0 Å². The first-order valence-electron chi connectivity index (χ1n) is 5.95. The first kappa shape index (κ1) is 13.5. The molecule has 0 saturated carbocycles. The number of hydrogen-bond donors (Lipinski definition) is 1. The molecule has 96 valence electrons. The first-order valence-corrected chi connectivity index (χ1v) is 7.21. The molecule has 0 fully saturated rings. The quantitative estimate of drug-likeness (QED) is 0.918. The zero-order chi connectivity index (χ0) is 13.1. The summed E-state index contributed by atoms with van der Waals surface area (Å²) in [5.74, 6) is 0. The molecule has 0 radical (unpaired) electrons. The van der Waals surface area contributed by atoms with Crippen LogP contribution in [0.4, 0.5) is 0 Å². The Labute approximate surface area is 117 Å². The summed E-state index contributed by atoms with van der Waals surface area (Å²) in [5.41, 5.74) is 3.48. The van der Waals surface area contributed by atoms with Gasteiger partial charge in [0.05, 0.1) is 5.01 Å². The molecule has 18 heavy (non-hydrogen) atoms. The van der Waals surface area contributed by atoms with E-state index < -0.39 is 0 Å². The van der Waals surface area contributed by atoms with Crippen molar-refractivity contribution in [2.75, 3.05) is 7.05 Å². The molecule has 1 atom stereocenters. The van der Waals surface area contributed by atoms with E-state index >= 15 is 0 Å². The van der Waals surface area contributed by atoms with Crippen molar-refractivity contribution in [2.24, 2.45) is 0 Å². The Hall–Kier alpha value is -0.900. The van der Waals surface area contributed by atoms with E-state index in [9.17, 15) is 0 Å². The fourth-order valence-electron chi connectivity index (χ4n) is 2.04. The van der Waals surface area contributed by atoms with Gasteiger partial charge >= 0.3 is 0 Å². The highest BCUT2D eigenvalue weighted by Gasteiger charge is 2.15. The second-order valence-corrected chi connectivity index (χ2v) is 5.73. The monoisotopic (exact) mass is 280 g/mol. The van der Waals surface area contributed by atoms with Gasteiger partial charge in [-0.2, -0.15) is 0 Å². The van der Waals surface area contributed by atoms with Gasteiger partial charge in [-0.15, -0.1) is 11.3 Å². The van der Waals surface area contributed by atoms with Gasteiger partial charge < -0.3 is 5.32 Å². The normalized spacial score (nSPS) is 12.7. The van der Waals surface area contributed by atoms with E-state index in [2.05, 4.69) is 28.7 Å². The highest BCUT2D eigenvalue weighted by Crippen LogP contribution is 2.27. The van der Waals surface area contributed by atoms with Crippen molar-refractivity contribution in [2.45, 2.75) is 26.3 Å². The average molecular weight is 281 g/mol. The second-order valence-electron chi connectivity index (χ2n) is 4.38. The van der Waals surface area contributed by atoms with Gasteiger partial charge in [0.1, 0.15) is 0 Å². The summed E-state index contributed by atoms with van der Waals surface area (Å²) in [6.07, 6.45) is 0.899. The predicted octanol–water partition coefficient (Wildman–Crippen LogP) is 3.92. The van der Waals surface area contributed by atoms with E-state index in [0.717, 1.165) is 27.7 Å². The highest BCUT2D eigenvalue weighted by atomic mass is 35.5. The molecule has 0 aliphatic heterocycles. The van der Waals surface area contributed by atoms with E-state index in [4.69, 9.17) is 11.6 Å². The van der Waals surface area contributed by atoms with E-state index in [1.807, 2.05) is 26.1 Å². The third kappa shape index (κ3) is 2.91. The van der Waals surface area contributed by atoms with Gasteiger partial charge in [0.25, 0.3) is 0 Å². The smallest absolute Gasteiger partial charge is 0.0947 e. The molecule has 0 amide bonds. The number of aromatic nitrogens is 1. The number of rotatable bonds is 4. The maximum absolute atomic E-state index is 6.18. The van der Waals surface area contributed by atoms with Crippen LogP contribution in [0.1, 0.15) is 27.9 Å². The lowest BCUT2D eigenvalue weighted by Gasteiger charge is -2.18. The standard InChI is InChI=1S/C14H17ClN2S/c1-9-8-18-14(17-9)7-13(16-3)11-5-4-6-12(15)10(11)2/h4-6,8,13,16H,7H2,1-3H3. The van der Waals surface area contributed by atoms with Crippen LogP contribution < -0.4 is 5.32 Å². The summed E-state index contributed by atoms with van der Waals surface area (Å²) in [6, 6.07) is 6.32. The van der Waals surface area contributed by atoms with Gasteiger partial charge in [-0.05, 0) is 38.1 Å². The zero-order valence-corrected chi connectivity index (χ0v) is 12.4. The molecule has 1 aromatic heterocycles. The number of likely N-dealkylation sites (N-methyl/N-ethyl adjacent to an activating group) is 1. The molecular formula is C14H17ClN2S. The lowest BCUT2D eigenvalue weighted by atomic mass is 9.99. The summed E-state index contributed by atoms with van der Waals surface area (Å²) < 4.78 is 0. The van der Waals surface area contributed by atoms with Crippen LogP contribution in [0, 0.1) is 13.8 Å². The molecule has 0 saturated heterocycles. The van der Waals surface area contributed by atoms with E-state index in [-0.39, 0.29) is 6.04 Å². The Kier molecular flexibility index (Phi) is 4.38. The van der Waals surface area contributed by atoms with Crippen molar-refractivity contribution in [1.82, 2.24) is 10.3 Å². The number of halogens is 1. The van der Waals surface area contributed by atoms with Crippen molar-refractivity contribution in [3.8, 4) is 0 Å². The molecule has 1 heterocycles. The van der Waals surface area contributed by atoms with Gasteiger partial charge in [0, 0.05) is 28.6 Å². The zero-order valence-electron chi connectivity index (χ0n) is 10.8. The predicted molar refractivity (Wildman–Crippen MR) is 78.5 cm³/mol. The van der Waals surface area contributed by atoms with E-state index in [1.54, 1.807) is 11.3 Å². The number of nitrogens with zero attached hydrogens (tertiary/aromatic N) is 1. The topological polar surface area (TPSA) is 24.9 Å². The van der Waals surface area contributed by atoms with Gasteiger partial charge in [-0.25, -0.2) is 4.98 Å². The maximum atomic E-state index is 6.18. The molecule has 1 N–H and O–H groups in total. The number of benzene rings is 1. The van der Waals surface area contributed by atoms with Gasteiger partial charge in [0.2, 0.25) is 0 Å². The van der Waals surface area contributed by atoms with Crippen LogP contribution in [-0.2, 0) is 6.42 Å². The van der Waals surface area contributed by atoms with Crippen molar-refractivity contribution in [3.05, 3.63) is 50.4 Å². The summed E-state index contributed by atoms with van der Waals surface area (Å²) in [7, 11) is 1.98. The van der Waals surface area contributed by atoms with Crippen molar-refractivity contribution >= 4 is 22.9 Å². The maximum Gasteiger partial charge on any atom is 0.0947 e. The minimum absolute atomic E-state index is 0.259. The largest absolute Gasteiger partial charge is 0.313 e. The third-order valence-corrected chi connectivity index (χ3v) is 4.48. The Morgan fingerprint density at radius 1 is 1.39 bits per heavy atom. The molecule has 0 aliphatic carbocycles. The number of thiazole rings is 1.